The van der Waals surface area contributed by atoms with E-state index in [1.165, 1.54) is 0 Å². The van der Waals surface area contributed by atoms with E-state index in [-0.39, 0.29) is 0 Å². The van der Waals surface area contributed by atoms with Crippen molar-refractivity contribution in [1.82, 2.24) is 0 Å². The molecule has 1 aromatic carbocycles. The molecule has 0 bridgehead atoms. The van der Waals surface area contributed by atoms with Gasteiger partial charge in [-0.25, -0.2) is 0 Å². The highest BCUT2D eigenvalue weighted by atomic mass is 79.9. The van der Waals surface area contributed by atoms with Gasteiger partial charge in [0.2, 0.25) is 0 Å². The van der Waals surface area contributed by atoms with Crippen molar-refractivity contribution >= 4 is 21.6 Å². The lowest BCUT2D eigenvalue weighted by Gasteiger charge is -2.24. The smallest absolute Gasteiger partial charge is 0.103 e. The standard InChI is InChI=1S/C13H17BrN2/c1-4-10(2)9-16(3)13-7-5-6-12(14)11(13)8-15/h5-7,10H,4,9H2,1-3H3. The Labute approximate surface area is 106 Å². The van der Waals surface area contributed by atoms with Crippen molar-refractivity contribution in [3.63, 3.8) is 0 Å². The third kappa shape index (κ3) is 2.99. The van der Waals surface area contributed by atoms with Gasteiger partial charge < -0.3 is 4.90 Å². The molecular weight excluding hydrogens is 264 g/mol. The molecule has 1 atom stereocenters. The average Bonchev–Trinajstić information content (AvgIpc) is 2.28. The van der Waals surface area contributed by atoms with Crippen LogP contribution in [0, 0.1) is 17.2 Å². The first kappa shape index (κ1) is 13.1. The summed E-state index contributed by atoms with van der Waals surface area (Å²) in [6, 6.07) is 8.11. The molecule has 0 saturated carbocycles. The van der Waals surface area contributed by atoms with Crippen molar-refractivity contribution in [2.24, 2.45) is 5.92 Å². The Balaban J connectivity index is 2.96. The summed E-state index contributed by atoms with van der Waals surface area (Å²) in [4.78, 5) is 2.15. The minimum atomic E-state index is 0.635. The number of nitriles is 1. The largest absolute Gasteiger partial charge is 0.373 e. The summed E-state index contributed by atoms with van der Waals surface area (Å²) in [7, 11) is 2.04. The summed E-state index contributed by atoms with van der Waals surface area (Å²) in [5.41, 5.74) is 1.71. The molecule has 0 aliphatic rings. The minimum Gasteiger partial charge on any atom is -0.373 e. The highest BCUT2D eigenvalue weighted by molar-refractivity contribution is 9.10. The molecule has 86 valence electrons. The molecule has 0 N–H and O–H groups in total. The van der Waals surface area contributed by atoms with Gasteiger partial charge >= 0.3 is 0 Å². The van der Waals surface area contributed by atoms with Gasteiger partial charge in [0.05, 0.1) is 11.3 Å². The van der Waals surface area contributed by atoms with Crippen molar-refractivity contribution in [3.8, 4) is 6.07 Å². The first-order valence-electron chi connectivity index (χ1n) is 5.49. The van der Waals surface area contributed by atoms with E-state index in [4.69, 9.17) is 5.26 Å². The van der Waals surface area contributed by atoms with Crippen LogP contribution in [0.15, 0.2) is 22.7 Å². The Bertz CT molecular complexity index is 395. The number of halogens is 1. The SMILES string of the molecule is CCC(C)CN(C)c1cccc(Br)c1C#N. The summed E-state index contributed by atoms with van der Waals surface area (Å²) in [6.45, 7) is 5.38. The number of hydrogen-bond acceptors (Lipinski definition) is 2. The topological polar surface area (TPSA) is 27.0 Å². The van der Waals surface area contributed by atoms with Gasteiger partial charge in [-0.2, -0.15) is 5.26 Å². The molecule has 1 rings (SSSR count). The number of hydrogen-bond donors (Lipinski definition) is 0. The first-order chi connectivity index (χ1) is 7.60. The van der Waals surface area contributed by atoms with Crippen LogP contribution in [0.3, 0.4) is 0 Å². The van der Waals surface area contributed by atoms with Crippen molar-refractivity contribution in [3.05, 3.63) is 28.2 Å². The Morgan fingerprint density at radius 1 is 1.50 bits per heavy atom. The first-order valence-corrected chi connectivity index (χ1v) is 6.29. The Kier molecular flexibility index (Phi) is 4.82. The van der Waals surface area contributed by atoms with Crippen molar-refractivity contribution < 1.29 is 0 Å². The lowest BCUT2D eigenvalue weighted by atomic mass is 10.1. The maximum absolute atomic E-state index is 9.13. The summed E-state index contributed by atoms with van der Waals surface area (Å²) >= 11 is 3.41. The molecule has 2 nitrogen and oxygen atoms in total. The van der Waals surface area contributed by atoms with Crippen molar-refractivity contribution in [2.45, 2.75) is 20.3 Å². The fourth-order valence-corrected chi connectivity index (χ4v) is 2.08. The van der Waals surface area contributed by atoms with E-state index >= 15 is 0 Å². The van der Waals surface area contributed by atoms with Crippen LogP contribution in [-0.4, -0.2) is 13.6 Å². The van der Waals surface area contributed by atoms with Crippen LogP contribution in [0.1, 0.15) is 25.8 Å². The second-order valence-electron chi connectivity index (χ2n) is 4.14. The van der Waals surface area contributed by atoms with Crippen molar-refractivity contribution in [2.75, 3.05) is 18.5 Å². The molecule has 0 aliphatic heterocycles. The Morgan fingerprint density at radius 3 is 2.75 bits per heavy atom. The molecule has 1 aromatic rings. The molecule has 0 amide bonds. The van der Waals surface area contributed by atoms with Crippen molar-refractivity contribution in [1.29, 1.82) is 5.26 Å². The van der Waals surface area contributed by atoms with E-state index in [1.54, 1.807) is 0 Å². The molecule has 0 aliphatic carbocycles. The number of nitrogens with zero attached hydrogens (tertiary/aromatic N) is 2. The molecule has 1 unspecified atom stereocenters. The molecule has 0 heterocycles. The molecule has 0 radical (unpaired) electrons. The van der Waals surface area contributed by atoms with Gasteiger partial charge in [0, 0.05) is 18.1 Å². The maximum atomic E-state index is 9.13. The fraction of sp³-hybridized carbons (Fsp3) is 0.462. The van der Waals surface area contributed by atoms with E-state index < -0.39 is 0 Å². The second kappa shape index (κ2) is 5.91. The Morgan fingerprint density at radius 2 is 2.19 bits per heavy atom. The van der Waals surface area contributed by atoms with Crippen LogP contribution in [0.4, 0.5) is 5.69 Å². The van der Waals surface area contributed by atoms with Crippen LogP contribution in [0.5, 0.6) is 0 Å². The molecular formula is C13H17BrN2. The van der Waals surface area contributed by atoms with E-state index in [1.807, 2.05) is 25.2 Å². The van der Waals surface area contributed by atoms with E-state index in [2.05, 4.69) is 40.7 Å². The third-order valence-corrected chi connectivity index (χ3v) is 3.46. The van der Waals surface area contributed by atoms with Crippen LogP contribution in [0.25, 0.3) is 0 Å². The maximum Gasteiger partial charge on any atom is 0.103 e. The summed E-state index contributed by atoms with van der Waals surface area (Å²) in [6.07, 6.45) is 1.15. The Hall–Kier alpha value is -1.01. The lowest BCUT2D eigenvalue weighted by Crippen LogP contribution is -2.24. The summed E-state index contributed by atoms with van der Waals surface area (Å²) < 4.78 is 0.864. The second-order valence-corrected chi connectivity index (χ2v) is 4.99. The van der Waals surface area contributed by atoms with Gasteiger partial charge in [-0.1, -0.05) is 26.3 Å². The number of benzene rings is 1. The van der Waals surface area contributed by atoms with Crippen LogP contribution < -0.4 is 4.90 Å². The highest BCUT2D eigenvalue weighted by Crippen LogP contribution is 2.26. The average molecular weight is 281 g/mol. The van der Waals surface area contributed by atoms with Gasteiger partial charge in [-0.3, -0.25) is 0 Å². The van der Waals surface area contributed by atoms with E-state index in [9.17, 15) is 0 Å². The molecule has 16 heavy (non-hydrogen) atoms. The predicted octanol–water partition coefficient (Wildman–Crippen LogP) is 3.80. The molecule has 0 spiro atoms. The van der Waals surface area contributed by atoms with Crippen LogP contribution in [0.2, 0.25) is 0 Å². The monoisotopic (exact) mass is 280 g/mol. The normalized spacial score (nSPS) is 11.9. The van der Waals surface area contributed by atoms with Gasteiger partial charge in [0.15, 0.2) is 0 Å². The quantitative estimate of drug-likeness (QED) is 0.839. The third-order valence-electron chi connectivity index (χ3n) is 2.80. The van der Waals surface area contributed by atoms with Gasteiger partial charge in [0.1, 0.15) is 6.07 Å². The van der Waals surface area contributed by atoms with Crippen LogP contribution >= 0.6 is 15.9 Å². The zero-order chi connectivity index (χ0) is 12.1. The van der Waals surface area contributed by atoms with E-state index in [0.717, 1.165) is 23.1 Å². The van der Waals surface area contributed by atoms with Crippen LogP contribution in [-0.2, 0) is 0 Å². The van der Waals surface area contributed by atoms with Gasteiger partial charge in [-0.05, 0) is 34.0 Å². The molecule has 0 saturated heterocycles. The predicted molar refractivity (Wildman–Crippen MR) is 71.6 cm³/mol. The summed E-state index contributed by atoms with van der Waals surface area (Å²) in [5.74, 6) is 0.635. The van der Waals surface area contributed by atoms with Gasteiger partial charge in [0.25, 0.3) is 0 Å². The zero-order valence-electron chi connectivity index (χ0n) is 10.00. The number of rotatable bonds is 4. The highest BCUT2D eigenvalue weighted by Gasteiger charge is 2.11. The molecule has 0 aromatic heterocycles. The lowest BCUT2D eigenvalue weighted by molar-refractivity contribution is 0.559. The molecule has 3 heteroatoms. The minimum absolute atomic E-state index is 0.635. The summed E-state index contributed by atoms with van der Waals surface area (Å²) in [5, 5.41) is 9.13. The fourth-order valence-electron chi connectivity index (χ4n) is 1.64. The van der Waals surface area contributed by atoms with E-state index in [0.29, 0.717) is 11.5 Å². The zero-order valence-corrected chi connectivity index (χ0v) is 11.6. The molecule has 0 fully saturated rings. The number of anilines is 1. The van der Waals surface area contributed by atoms with Gasteiger partial charge in [-0.15, -0.1) is 0 Å².